The summed E-state index contributed by atoms with van der Waals surface area (Å²) in [4.78, 5) is 49.2. The van der Waals surface area contributed by atoms with E-state index in [1.54, 1.807) is 54.6 Å². The van der Waals surface area contributed by atoms with Gasteiger partial charge in [0.25, 0.3) is 11.7 Å². The summed E-state index contributed by atoms with van der Waals surface area (Å²) in [6.07, 6.45) is 0.00834. The average molecular weight is 696 g/mol. The first-order valence-electron chi connectivity index (χ1n) is 14.9. The second-order valence-electron chi connectivity index (χ2n) is 11.1. The number of amides is 1. The van der Waals surface area contributed by atoms with E-state index in [1.165, 1.54) is 12.1 Å². The SMILES string of the molecule is O=C(NC(CN1CCC1)[C@H](O)c1ccc2c(c1)OCCO2)C(=O)c1cc2cc(Cl)ccc2o1.O=C(O)C(=O)c1cc2cc(Cl)ccc2o1. The van der Waals surface area contributed by atoms with Crippen molar-refractivity contribution < 1.29 is 47.7 Å². The number of furan rings is 2. The fourth-order valence-corrected chi connectivity index (χ4v) is 5.61. The van der Waals surface area contributed by atoms with Crippen LogP contribution in [0.3, 0.4) is 0 Å². The fourth-order valence-electron chi connectivity index (χ4n) is 5.25. The number of Topliss-reactive ketones (excluding diaryl/α,β-unsaturated/α-hetero) is 2. The number of nitrogens with zero attached hydrogens (tertiary/aromatic N) is 1. The molecule has 14 heteroatoms. The number of fused-ring (bicyclic) bond motifs is 3. The van der Waals surface area contributed by atoms with Crippen LogP contribution in [0, 0.1) is 0 Å². The Bertz CT molecular complexity index is 2030. The van der Waals surface area contributed by atoms with Crippen LogP contribution in [-0.2, 0) is 9.59 Å². The molecule has 1 amide bonds. The Morgan fingerprint density at radius 2 is 1.35 bits per heavy atom. The van der Waals surface area contributed by atoms with E-state index in [9.17, 15) is 24.3 Å². The number of hydrogen-bond acceptors (Lipinski definition) is 10. The predicted molar refractivity (Wildman–Crippen MR) is 174 cm³/mol. The van der Waals surface area contributed by atoms with Crippen molar-refractivity contribution in [1.29, 1.82) is 0 Å². The molecule has 1 unspecified atom stereocenters. The first-order valence-corrected chi connectivity index (χ1v) is 15.6. The largest absolute Gasteiger partial charge is 0.486 e. The number of likely N-dealkylation sites (tertiary alicyclic amines) is 1. The number of carbonyl (C=O) groups excluding carboxylic acids is 3. The molecule has 12 nitrogen and oxygen atoms in total. The van der Waals surface area contributed by atoms with E-state index in [-0.39, 0.29) is 11.5 Å². The van der Waals surface area contributed by atoms with E-state index < -0.39 is 35.6 Å². The summed E-state index contributed by atoms with van der Waals surface area (Å²) in [6, 6.07) is 17.0. The van der Waals surface area contributed by atoms with Gasteiger partial charge < -0.3 is 38.7 Å². The van der Waals surface area contributed by atoms with E-state index in [2.05, 4.69) is 10.2 Å². The van der Waals surface area contributed by atoms with Gasteiger partial charge in [0.1, 0.15) is 30.5 Å². The molecule has 2 aliphatic heterocycles. The molecule has 2 aliphatic rings. The number of aliphatic hydroxyl groups excluding tert-OH is 1. The van der Waals surface area contributed by atoms with Crippen molar-refractivity contribution in [2.45, 2.75) is 18.6 Å². The quantitative estimate of drug-likeness (QED) is 0.135. The van der Waals surface area contributed by atoms with E-state index >= 15 is 0 Å². The number of carbonyl (C=O) groups is 4. The number of ether oxygens (including phenoxy) is 2. The zero-order chi connectivity index (χ0) is 33.9. The number of rotatable bonds is 9. The van der Waals surface area contributed by atoms with Crippen molar-refractivity contribution in [3.63, 3.8) is 0 Å². The summed E-state index contributed by atoms with van der Waals surface area (Å²) in [6.45, 7) is 3.05. The van der Waals surface area contributed by atoms with Gasteiger partial charge in [-0.05, 0) is 85.7 Å². The number of carboxylic acids is 1. The van der Waals surface area contributed by atoms with Gasteiger partial charge in [0.05, 0.1) is 6.04 Å². The molecule has 2 atom stereocenters. The number of halogens is 2. The van der Waals surface area contributed by atoms with Gasteiger partial charge in [-0.15, -0.1) is 0 Å². The van der Waals surface area contributed by atoms with Crippen molar-refractivity contribution >= 4 is 68.6 Å². The van der Waals surface area contributed by atoms with Crippen molar-refractivity contribution in [3.05, 3.63) is 93.9 Å². The Hall–Kier alpha value is -4.88. The van der Waals surface area contributed by atoms with Gasteiger partial charge >= 0.3 is 11.8 Å². The summed E-state index contributed by atoms with van der Waals surface area (Å²) in [5, 5.41) is 24.5. The lowest BCUT2D eigenvalue weighted by atomic mass is 9.99. The van der Waals surface area contributed by atoms with Crippen LogP contribution in [0.4, 0.5) is 0 Å². The van der Waals surface area contributed by atoms with E-state index in [0.29, 0.717) is 68.8 Å². The molecule has 3 aromatic carbocycles. The van der Waals surface area contributed by atoms with Crippen molar-refractivity contribution in [2.24, 2.45) is 0 Å². The molecular formula is C34H28Cl2N2O10. The van der Waals surface area contributed by atoms with Crippen LogP contribution in [0.15, 0.2) is 75.6 Å². The minimum atomic E-state index is -1.54. The van der Waals surface area contributed by atoms with E-state index in [1.807, 2.05) is 0 Å². The van der Waals surface area contributed by atoms with Gasteiger partial charge in [-0.1, -0.05) is 29.3 Å². The van der Waals surface area contributed by atoms with E-state index in [4.69, 9.17) is 46.6 Å². The van der Waals surface area contributed by atoms with Crippen LogP contribution >= 0.6 is 23.2 Å². The average Bonchev–Trinajstić information content (AvgIpc) is 3.68. The Morgan fingerprint density at radius 1 is 0.771 bits per heavy atom. The van der Waals surface area contributed by atoms with Gasteiger partial charge in [0.2, 0.25) is 0 Å². The highest BCUT2D eigenvalue weighted by atomic mass is 35.5. The number of hydrogen-bond donors (Lipinski definition) is 3. The highest BCUT2D eigenvalue weighted by Gasteiger charge is 2.31. The maximum atomic E-state index is 12.8. The molecule has 0 spiro atoms. The van der Waals surface area contributed by atoms with Crippen molar-refractivity contribution in [2.75, 3.05) is 32.8 Å². The Morgan fingerprint density at radius 3 is 1.92 bits per heavy atom. The minimum absolute atomic E-state index is 0.0821. The molecule has 248 valence electrons. The number of benzene rings is 3. The number of ketones is 2. The molecular weight excluding hydrogens is 667 g/mol. The lowest BCUT2D eigenvalue weighted by Gasteiger charge is -2.36. The van der Waals surface area contributed by atoms with Crippen LogP contribution < -0.4 is 14.8 Å². The third-order valence-electron chi connectivity index (χ3n) is 7.81. The maximum Gasteiger partial charge on any atom is 0.380 e. The van der Waals surface area contributed by atoms with Crippen LogP contribution in [-0.4, -0.2) is 77.4 Å². The zero-order valence-electron chi connectivity index (χ0n) is 25.1. The molecule has 1 fully saturated rings. The van der Waals surface area contributed by atoms with Crippen molar-refractivity contribution in [1.82, 2.24) is 10.2 Å². The van der Waals surface area contributed by atoms with Crippen LogP contribution in [0.5, 0.6) is 11.5 Å². The third kappa shape index (κ3) is 7.32. The lowest BCUT2D eigenvalue weighted by Crippen LogP contribution is -2.52. The molecule has 0 bridgehead atoms. The molecule has 7 rings (SSSR count). The first kappa shape index (κ1) is 33.0. The van der Waals surface area contributed by atoms with Gasteiger partial charge in [-0.2, -0.15) is 0 Å². The Kier molecular flexibility index (Phi) is 9.69. The second kappa shape index (κ2) is 14.1. The van der Waals surface area contributed by atoms with Gasteiger partial charge in [-0.3, -0.25) is 14.4 Å². The smallest absolute Gasteiger partial charge is 0.380 e. The summed E-state index contributed by atoms with van der Waals surface area (Å²) >= 11 is 11.7. The number of nitrogens with one attached hydrogen (secondary N) is 1. The molecule has 0 saturated carbocycles. The molecule has 3 N–H and O–H groups in total. The number of aliphatic hydroxyl groups is 1. The molecule has 5 aromatic rings. The second-order valence-corrected chi connectivity index (χ2v) is 12.0. The highest BCUT2D eigenvalue weighted by molar-refractivity contribution is 6.42. The Balaban J connectivity index is 0.000000223. The maximum absolute atomic E-state index is 12.8. The normalized spacial score (nSPS) is 15.1. The molecule has 4 heterocycles. The highest BCUT2D eigenvalue weighted by Crippen LogP contribution is 2.34. The monoisotopic (exact) mass is 694 g/mol. The lowest BCUT2D eigenvalue weighted by molar-refractivity contribution is -0.132. The molecule has 1 saturated heterocycles. The predicted octanol–water partition coefficient (Wildman–Crippen LogP) is 5.32. The van der Waals surface area contributed by atoms with E-state index in [0.717, 1.165) is 19.5 Å². The zero-order valence-corrected chi connectivity index (χ0v) is 26.6. The fraction of sp³-hybridized carbons (Fsp3) is 0.235. The summed E-state index contributed by atoms with van der Waals surface area (Å²) in [7, 11) is 0. The number of carboxylic acid groups (broad SMARTS) is 1. The summed E-state index contributed by atoms with van der Waals surface area (Å²) in [5.41, 5.74) is 1.46. The van der Waals surface area contributed by atoms with Gasteiger partial charge in [0, 0.05) is 27.4 Å². The first-order chi connectivity index (χ1) is 23.0. The minimum Gasteiger partial charge on any atom is -0.486 e. The summed E-state index contributed by atoms with van der Waals surface area (Å²) < 4.78 is 21.7. The number of aliphatic carboxylic acids is 1. The third-order valence-corrected chi connectivity index (χ3v) is 8.28. The molecule has 0 radical (unpaired) electrons. The van der Waals surface area contributed by atoms with Crippen molar-refractivity contribution in [3.8, 4) is 11.5 Å². The topological polar surface area (TPSA) is 169 Å². The molecule has 2 aromatic heterocycles. The molecule has 0 aliphatic carbocycles. The standard InChI is InChI=1S/C24H23ClN2O6.C10H5ClO4/c25-16-3-5-18-15(10-16)12-21(33-18)23(29)24(30)26-17(13-27-6-1-7-27)22(28)14-2-4-19-20(11-14)32-9-8-31-19;11-6-1-2-7-5(3-6)4-8(15-7)9(12)10(13)14/h2-5,10-12,17,22,28H,1,6-9,13H2,(H,26,30);1-4H,(H,13,14)/t17?,22-;/m1./s1. The van der Waals surface area contributed by atoms with Gasteiger partial charge in [0.15, 0.2) is 23.0 Å². The summed E-state index contributed by atoms with van der Waals surface area (Å²) in [5.74, 6) is -3.39. The van der Waals surface area contributed by atoms with Crippen LogP contribution in [0.2, 0.25) is 10.0 Å². The van der Waals surface area contributed by atoms with Gasteiger partial charge in [-0.25, -0.2) is 4.79 Å². The Labute approximate surface area is 282 Å². The van der Waals surface area contributed by atoms with Crippen LogP contribution in [0.25, 0.3) is 21.9 Å². The molecule has 48 heavy (non-hydrogen) atoms. The van der Waals surface area contributed by atoms with Crippen LogP contribution in [0.1, 0.15) is 39.2 Å².